The summed E-state index contributed by atoms with van der Waals surface area (Å²) in [4.78, 5) is 9.84. The molecule has 0 aromatic rings. The summed E-state index contributed by atoms with van der Waals surface area (Å²) in [5, 5.41) is 0. The molecular weight excluding hydrogens is 176 g/mol. The summed E-state index contributed by atoms with van der Waals surface area (Å²) in [6, 6.07) is 0. The number of carbonyl (C=O) groups is 1. The van der Waals surface area contributed by atoms with Crippen LogP contribution in [0.1, 0.15) is 51.4 Å². The predicted octanol–water partition coefficient (Wildman–Crippen LogP) is 3.47. The SMILES string of the molecule is C1CCCCCCC1.C=CC(=O)OC. The van der Waals surface area contributed by atoms with Gasteiger partial charge in [-0.2, -0.15) is 0 Å². The van der Waals surface area contributed by atoms with Crippen molar-refractivity contribution in [1.82, 2.24) is 0 Å². The summed E-state index contributed by atoms with van der Waals surface area (Å²) in [6.45, 7) is 3.16. The molecule has 1 aliphatic rings. The van der Waals surface area contributed by atoms with Crippen molar-refractivity contribution in [3.8, 4) is 0 Å². The Morgan fingerprint density at radius 1 is 1.00 bits per heavy atom. The molecule has 0 atom stereocenters. The highest BCUT2D eigenvalue weighted by Crippen LogP contribution is 2.15. The number of rotatable bonds is 1. The van der Waals surface area contributed by atoms with Crippen LogP contribution >= 0.6 is 0 Å². The summed E-state index contributed by atoms with van der Waals surface area (Å²) in [5.74, 6) is -0.394. The quantitative estimate of drug-likeness (QED) is 0.476. The van der Waals surface area contributed by atoms with Gasteiger partial charge in [0.1, 0.15) is 0 Å². The first-order valence-corrected chi connectivity index (χ1v) is 5.51. The fourth-order valence-corrected chi connectivity index (χ4v) is 1.50. The monoisotopic (exact) mass is 198 g/mol. The highest BCUT2D eigenvalue weighted by molar-refractivity contribution is 5.80. The van der Waals surface area contributed by atoms with Crippen LogP contribution in [0.5, 0.6) is 0 Å². The van der Waals surface area contributed by atoms with E-state index in [2.05, 4.69) is 11.3 Å². The maximum absolute atomic E-state index is 9.84. The first-order valence-electron chi connectivity index (χ1n) is 5.51. The van der Waals surface area contributed by atoms with Crippen molar-refractivity contribution in [2.45, 2.75) is 51.4 Å². The molecule has 1 saturated carbocycles. The Labute approximate surface area is 87.3 Å². The maximum atomic E-state index is 9.84. The molecule has 0 saturated heterocycles. The zero-order valence-electron chi connectivity index (χ0n) is 9.26. The molecule has 82 valence electrons. The molecule has 0 unspecified atom stereocenters. The van der Waals surface area contributed by atoms with E-state index in [1.165, 1.54) is 58.5 Å². The van der Waals surface area contributed by atoms with E-state index in [1.54, 1.807) is 0 Å². The molecule has 14 heavy (non-hydrogen) atoms. The summed E-state index contributed by atoms with van der Waals surface area (Å²) in [6.07, 6.45) is 13.1. The number of ether oxygens (including phenoxy) is 1. The number of hydrogen-bond acceptors (Lipinski definition) is 2. The van der Waals surface area contributed by atoms with E-state index >= 15 is 0 Å². The topological polar surface area (TPSA) is 26.3 Å². The van der Waals surface area contributed by atoms with Crippen LogP contribution in [0.2, 0.25) is 0 Å². The maximum Gasteiger partial charge on any atom is 0.329 e. The van der Waals surface area contributed by atoms with Gasteiger partial charge in [-0.3, -0.25) is 0 Å². The molecule has 1 rings (SSSR count). The van der Waals surface area contributed by atoms with Crippen LogP contribution in [0.25, 0.3) is 0 Å². The fourth-order valence-electron chi connectivity index (χ4n) is 1.50. The second-order valence-corrected chi connectivity index (χ2v) is 3.56. The van der Waals surface area contributed by atoms with E-state index in [0.29, 0.717) is 0 Å². The van der Waals surface area contributed by atoms with Gasteiger partial charge in [-0.05, 0) is 0 Å². The van der Waals surface area contributed by atoms with E-state index in [9.17, 15) is 4.79 Å². The molecule has 1 aliphatic carbocycles. The third kappa shape index (κ3) is 9.30. The van der Waals surface area contributed by atoms with Crippen LogP contribution in [0.15, 0.2) is 12.7 Å². The molecule has 2 nitrogen and oxygen atoms in total. The van der Waals surface area contributed by atoms with Crippen molar-refractivity contribution >= 4 is 5.97 Å². The van der Waals surface area contributed by atoms with Crippen molar-refractivity contribution in [3.63, 3.8) is 0 Å². The van der Waals surface area contributed by atoms with Crippen molar-refractivity contribution in [2.75, 3.05) is 7.11 Å². The Hall–Kier alpha value is -0.790. The molecule has 0 aromatic heterocycles. The van der Waals surface area contributed by atoms with Crippen molar-refractivity contribution in [2.24, 2.45) is 0 Å². The highest BCUT2D eigenvalue weighted by atomic mass is 16.5. The first kappa shape index (κ1) is 13.2. The summed E-state index contributed by atoms with van der Waals surface area (Å²) in [5.41, 5.74) is 0. The highest BCUT2D eigenvalue weighted by Gasteiger charge is 1.95. The van der Waals surface area contributed by atoms with Crippen LogP contribution in [0.3, 0.4) is 0 Å². The molecule has 0 amide bonds. The minimum absolute atomic E-state index is 0.394. The van der Waals surface area contributed by atoms with E-state index in [1.807, 2.05) is 0 Å². The lowest BCUT2D eigenvalue weighted by atomic mass is 10.0. The van der Waals surface area contributed by atoms with Gasteiger partial charge in [-0.25, -0.2) is 4.79 Å². The molecule has 0 N–H and O–H groups in total. The van der Waals surface area contributed by atoms with E-state index in [4.69, 9.17) is 0 Å². The Bertz CT molecular complexity index is 128. The molecule has 0 heterocycles. The van der Waals surface area contributed by atoms with Gasteiger partial charge < -0.3 is 4.74 Å². The fraction of sp³-hybridized carbons (Fsp3) is 0.750. The average Bonchev–Trinajstić information content (AvgIpc) is 2.16. The Morgan fingerprint density at radius 2 is 1.29 bits per heavy atom. The normalized spacial score (nSPS) is 16.6. The molecule has 0 aliphatic heterocycles. The Morgan fingerprint density at radius 3 is 1.36 bits per heavy atom. The van der Waals surface area contributed by atoms with Crippen molar-refractivity contribution in [1.29, 1.82) is 0 Å². The van der Waals surface area contributed by atoms with Gasteiger partial charge in [0.25, 0.3) is 0 Å². The third-order valence-electron chi connectivity index (χ3n) is 2.37. The standard InChI is InChI=1S/C8H16.C4H6O2/c1-2-4-6-8-7-5-3-1;1-3-4(5)6-2/h1-8H2;3H,1H2,2H3. The summed E-state index contributed by atoms with van der Waals surface area (Å²) >= 11 is 0. The lowest BCUT2D eigenvalue weighted by Crippen LogP contribution is -1.91. The molecule has 0 bridgehead atoms. The molecule has 2 heteroatoms. The van der Waals surface area contributed by atoms with Crippen LogP contribution in [0, 0.1) is 0 Å². The molecule has 1 fully saturated rings. The third-order valence-corrected chi connectivity index (χ3v) is 2.37. The van der Waals surface area contributed by atoms with Gasteiger partial charge in [-0.1, -0.05) is 57.9 Å². The van der Waals surface area contributed by atoms with Gasteiger partial charge in [0.05, 0.1) is 7.11 Å². The van der Waals surface area contributed by atoms with Crippen LogP contribution in [0.4, 0.5) is 0 Å². The van der Waals surface area contributed by atoms with E-state index in [0.717, 1.165) is 6.08 Å². The number of esters is 1. The Balaban J connectivity index is 0.000000255. The number of carbonyl (C=O) groups excluding carboxylic acids is 1. The second-order valence-electron chi connectivity index (χ2n) is 3.56. The summed E-state index contributed by atoms with van der Waals surface area (Å²) < 4.78 is 4.14. The van der Waals surface area contributed by atoms with E-state index in [-0.39, 0.29) is 0 Å². The van der Waals surface area contributed by atoms with Gasteiger partial charge in [0.15, 0.2) is 0 Å². The van der Waals surface area contributed by atoms with E-state index < -0.39 is 5.97 Å². The first-order chi connectivity index (χ1) is 6.81. The van der Waals surface area contributed by atoms with Crippen LogP contribution in [-0.2, 0) is 9.53 Å². The minimum atomic E-state index is -0.394. The van der Waals surface area contributed by atoms with Crippen LogP contribution in [-0.4, -0.2) is 13.1 Å². The molecule has 0 radical (unpaired) electrons. The average molecular weight is 198 g/mol. The number of methoxy groups -OCH3 is 1. The zero-order valence-corrected chi connectivity index (χ0v) is 9.26. The van der Waals surface area contributed by atoms with Gasteiger partial charge in [0, 0.05) is 6.08 Å². The smallest absolute Gasteiger partial charge is 0.329 e. The summed E-state index contributed by atoms with van der Waals surface area (Å²) in [7, 11) is 1.31. The van der Waals surface area contributed by atoms with Gasteiger partial charge >= 0.3 is 5.97 Å². The largest absolute Gasteiger partial charge is 0.466 e. The lowest BCUT2D eigenvalue weighted by molar-refractivity contribution is -0.134. The molecule has 0 spiro atoms. The van der Waals surface area contributed by atoms with Crippen molar-refractivity contribution < 1.29 is 9.53 Å². The predicted molar refractivity (Wildman–Crippen MR) is 59.1 cm³/mol. The van der Waals surface area contributed by atoms with Crippen LogP contribution < -0.4 is 0 Å². The minimum Gasteiger partial charge on any atom is -0.466 e. The lowest BCUT2D eigenvalue weighted by Gasteiger charge is -2.05. The Kier molecular flexibility index (Phi) is 9.71. The van der Waals surface area contributed by atoms with Crippen molar-refractivity contribution in [3.05, 3.63) is 12.7 Å². The second kappa shape index (κ2) is 10.3. The zero-order chi connectivity index (χ0) is 10.6. The van der Waals surface area contributed by atoms with Gasteiger partial charge in [0.2, 0.25) is 0 Å². The molecule has 0 aromatic carbocycles. The van der Waals surface area contributed by atoms with Gasteiger partial charge in [-0.15, -0.1) is 0 Å². The number of hydrogen-bond donors (Lipinski definition) is 0. The molecular formula is C12H22O2.